The molecule has 2 nitrogen and oxygen atoms in total. The van der Waals surface area contributed by atoms with Crippen molar-refractivity contribution >= 4 is 0 Å². The summed E-state index contributed by atoms with van der Waals surface area (Å²) in [5.41, 5.74) is 1.86. The molecule has 0 unspecified atom stereocenters. The van der Waals surface area contributed by atoms with E-state index in [1.165, 1.54) is 18.4 Å². The normalized spacial score (nSPS) is 17.2. The van der Waals surface area contributed by atoms with Crippen molar-refractivity contribution in [3.63, 3.8) is 0 Å². The molecule has 0 aromatic heterocycles. The highest BCUT2D eigenvalue weighted by molar-refractivity contribution is 5.36. The third-order valence-electron chi connectivity index (χ3n) is 3.42. The van der Waals surface area contributed by atoms with Gasteiger partial charge in [0.25, 0.3) is 0 Å². The van der Waals surface area contributed by atoms with Crippen LogP contribution in [0.15, 0.2) is 24.3 Å². The molecule has 1 aliphatic carbocycles. The Bertz CT molecular complexity index is 352. The Morgan fingerprint density at radius 1 is 1.24 bits per heavy atom. The van der Waals surface area contributed by atoms with Crippen molar-refractivity contribution < 1.29 is 4.74 Å². The quantitative estimate of drug-likeness (QED) is 0.815. The fraction of sp³-hybridized carbons (Fsp3) is 0.600. The lowest BCUT2D eigenvalue weighted by Gasteiger charge is -2.16. The van der Waals surface area contributed by atoms with Crippen LogP contribution in [-0.2, 0) is 5.41 Å². The molecule has 0 atom stereocenters. The molecule has 0 heterocycles. The van der Waals surface area contributed by atoms with E-state index in [4.69, 9.17) is 4.74 Å². The monoisotopic (exact) mass is 233 g/mol. The topological polar surface area (TPSA) is 21.3 Å². The van der Waals surface area contributed by atoms with Gasteiger partial charge in [-0.2, -0.15) is 0 Å². The summed E-state index contributed by atoms with van der Waals surface area (Å²) in [6.07, 6.45) is 2.61. The average molecular weight is 233 g/mol. The van der Waals surface area contributed by atoms with Gasteiger partial charge in [-0.05, 0) is 43.5 Å². The van der Waals surface area contributed by atoms with Crippen LogP contribution in [0.2, 0.25) is 0 Å². The van der Waals surface area contributed by atoms with Crippen LogP contribution in [0.25, 0.3) is 0 Å². The number of hydrogen-bond donors (Lipinski definition) is 1. The highest BCUT2D eigenvalue weighted by atomic mass is 16.5. The van der Waals surface area contributed by atoms with Gasteiger partial charge in [0.05, 0.1) is 6.61 Å². The maximum atomic E-state index is 5.70. The van der Waals surface area contributed by atoms with E-state index < -0.39 is 0 Å². The van der Waals surface area contributed by atoms with E-state index >= 15 is 0 Å². The summed E-state index contributed by atoms with van der Waals surface area (Å²) in [6, 6.07) is 8.65. The van der Waals surface area contributed by atoms with E-state index in [9.17, 15) is 0 Å². The van der Waals surface area contributed by atoms with Crippen LogP contribution in [0.4, 0.5) is 0 Å². The van der Waals surface area contributed by atoms with Gasteiger partial charge in [-0.1, -0.05) is 26.0 Å². The summed E-state index contributed by atoms with van der Waals surface area (Å²) in [5, 5.41) is 3.29. The molecule has 1 N–H and O–H groups in total. The Kier molecular flexibility index (Phi) is 3.72. The maximum absolute atomic E-state index is 5.70. The summed E-state index contributed by atoms with van der Waals surface area (Å²) in [7, 11) is 2.03. The Morgan fingerprint density at radius 3 is 2.35 bits per heavy atom. The molecule has 2 rings (SSSR count). The maximum Gasteiger partial charge on any atom is 0.119 e. The lowest BCUT2D eigenvalue weighted by Crippen LogP contribution is -2.23. The summed E-state index contributed by atoms with van der Waals surface area (Å²) < 4.78 is 5.70. The van der Waals surface area contributed by atoms with Crippen molar-refractivity contribution in [1.82, 2.24) is 5.32 Å². The zero-order valence-corrected chi connectivity index (χ0v) is 11.1. The molecule has 0 bridgehead atoms. The predicted octanol–water partition coefficient (Wildman–Crippen LogP) is 2.97. The molecule has 1 saturated carbocycles. The molecule has 17 heavy (non-hydrogen) atoms. The standard InChI is InChI=1S/C15H23NO/c1-12(2)10-17-14-6-4-13(5-7-14)15(8-9-15)11-16-3/h4-7,12,16H,8-11H2,1-3H3. The second-order valence-corrected chi connectivity index (χ2v) is 5.54. The van der Waals surface area contributed by atoms with Crippen molar-refractivity contribution in [2.45, 2.75) is 32.1 Å². The third kappa shape index (κ3) is 3.01. The largest absolute Gasteiger partial charge is 0.493 e. The van der Waals surface area contributed by atoms with Crippen molar-refractivity contribution in [2.75, 3.05) is 20.2 Å². The van der Waals surface area contributed by atoms with Crippen molar-refractivity contribution in [1.29, 1.82) is 0 Å². The molecule has 0 saturated heterocycles. The average Bonchev–Trinajstić information content (AvgIpc) is 3.09. The van der Waals surface area contributed by atoms with Gasteiger partial charge in [0.1, 0.15) is 5.75 Å². The minimum atomic E-state index is 0.408. The van der Waals surface area contributed by atoms with Gasteiger partial charge in [-0.15, -0.1) is 0 Å². The number of rotatable bonds is 6. The number of benzene rings is 1. The van der Waals surface area contributed by atoms with Crippen molar-refractivity contribution in [3.8, 4) is 5.75 Å². The number of ether oxygens (including phenoxy) is 1. The van der Waals surface area contributed by atoms with E-state index in [1.807, 2.05) is 7.05 Å². The van der Waals surface area contributed by atoms with Gasteiger partial charge in [-0.25, -0.2) is 0 Å². The zero-order chi connectivity index (χ0) is 12.3. The highest BCUT2D eigenvalue weighted by Crippen LogP contribution is 2.47. The van der Waals surface area contributed by atoms with E-state index in [0.29, 0.717) is 11.3 Å². The van der Waals surface area contributed by atoms with Crippen LogP contribution < -0.4 is 10.1 Å². The van der Waals surface area contributed by atoms with Gasteiger partial charge >= 0.3 is 0 Å². The van der Waals surface area contributed by atoms with Gasteiger partial charge < -0.3 is 10.1 Å². The third-order valence-corrected chi connectivity index (χ3v) is 3.42. The molecule has 0 aliphatic heterocycles. The van der Waals surface area contributed by atoms with Crippen LogP contribution in [0, 0.1) is 5.92 Å². The van der Waals surface area contributed by atoms with Crippen LogP contribution in [-0.4, -0.2) is 20.2 Å². The molecular weight excluding hydrogens is 210 g/mol. The minimum Gasteiger partial charge on any atom is -0.493 e. The summed E-state index contributed by atoms with van der Waals surface area (Å²) >= 11 is 0. The number of likely N-dealkylation sites (N-methyl/N-ethyl adjacent to an activating group) is 1. The number of nitrogens with one attached hydrogen (secondary N) is 1. The summed E-state index contributed by atoms with van der Waals surface area (Å²) in [5.74, 6) is 1.57. The molecule has 0 spiro atoms. The first-order chi connectivity index (χ1) is 8.16. The predicted molar refractivity (Wildman–Crippen MR) is 71.6 cm³/mol. The Labute approximate surface area is 104 Å². The van der Waals surface area contributed by atoms with E-state index in [1.54, 1.807) is 0 Å². The van der Waals surface area contributed by atoms with Crippen molar-refractivity contribution in [3.05, 3.63) is 29.8 Å². The zero-order valence-electron chi connectivity index (χ0n) is 11.1. The lowest BCUT2D eigenvalue weighted by molar-refractivity contribution is 0.271. The lowest BCUT2D eigenvalue weighted by atomic mass is 9.96. The van der Waals surface area contributed by atoms with E-state index in [-0.39, 0.29) is 0 Å². The van der Waals surface area contributed by atoms with Gasteiger partial charge in [0.15, 0.2) is 0 Å². The summed E-state index contributed by atoms with van der Waals surface area (Å²) in [6.45, 7) is 6.21. The first-order valence-electron chi connectivity index (χ1n) is 6.54. The molecule has 2 heteroatoms. The van der Waals surface area contributed by atoms with Gasteiger partial charge in [0, 0.05) is 12.0 Å². The van der Waals surface area contributed by atoms with Gasteiger partial charge in [-0.3, -0.25) is 0 Å². The molecule has 94 valence electrons. The smallest absolute Gasteiger partial charge is 0.119 e. The minimum absolute atomic E-state index is 0.408. The molecule has 0 amide bonds. The molecule has 1 fully saturated rings. The molecule has 0 radical (unpaired) electrons. The fourth-order valence-electron chi connectivity index (χ4n) is 2.22. The fourth-order valence-corrected chi connectivity index (χ4v) is 2.22. The van der Waals surface area contributed by atoms with Crippen LogP contribution in [0.1, 0.15) is 32.3 Å². The molecular formula is C15H23NO. The first kappa shape index (κ1) is 12.4. The number of hydrogen-bond acceptors (Lipinski definition) is 2. The van der Waals surface area contributed by atoms with Crippen LogP contribution in [0.3, 0.4) is 0 Å². The second kappa shape index (κ2) is 5.09. The van der Waals surface area contributed by atoms with Gasteiger partial charge in [0.2, 0.25) is 0 Å². The van der Waals surface area contributed by atoms with E-state index in [2.05, 4.69) is 43.4 Å². The van der Waals surface area contributed by atoms with Crippen LogP contribution in [0.5, 0.6) is 5.75 Å². The Hall–Kier alpha value is -1.02. The first-order valence-corrected chi connectivity index (χ1v) is 6.54. The molecule has 1 aromatic carbocycles. The Morgan fingerprint density at radius 2 is 1.88 bits per heavy atom. The highest BCUT2D eigenvalue weighted by Gasteiger charge is 2.43. The SMILES string of the molecule is CNCC1(c2ccc(OCC(C)C)cc2)CC1. The summed E-state index contributed by atoms with van der Waals surface area (Å²) in [4.78, 5) is 0. The second-order valence-electron chi connectivity index (χ2n) is 5.54. The molecule has 1 aliphatic rings. The molecule has 1 aromatic rings. The van der Waals surface area contributed by atoms with Crippen molar-refractivity contribution in [2.24, 2.45) is 5.92 Å². The Balaban J connectivity index is 1.98. The van der Waals surface area contributed by atoms with Crippen LogP contribution >= 0.6 is 0 Å². The van der Waals surface area contributed by atoms with E-state index in [0.717, 1.165) is 18.9 Å².